The first-order chi connectivity index (χ1) is 15.1. The van der Waals surface area contributed by atoms with E-state index >= 15 is 0 Å². The van der Waals surface area contributed by atoms with Crippen LogP contribution < -0.4 is 10.1 Å². The van der Waals surface area contributed by atoms with E-state index in [9.17, 15) is 9.59 Å². The van der Waals surface area contributed by atoms with E-state index in [1.807, 2.05) is 48.5 Å². The minimum absolute atomic E-state index is 0.0122. The SMILES string of the molecule is COc1cccc(-c2ccc(NC(=O)[C@@H]3CCCN(C(=O)Cn4ccnc4)C3)cc2)c1. The molecule has 7 heteroatoms. The minimum atomic E-state index is -0.210. The summed E-state index contributed by atoms with van der Waals surface area (Å²) in [6, 6.07) is 15.6. The molecule has 0 unspecified atom stereocenters. The van der Waals surface area contributed by atoms with E-state index in [2.05, 4.69) is 10.3 Å². The molecule has 2 amide bonds. The molecule has 0 aliphatic carbocycles. The number of benzene rings is 2. The van der Waals surface area contributed by atoms with E-state index in [0.29, 0.717) is 13.1 Å². The zero-order valence-corrected chi connectivity index (χ0v) is 17.5. The Morgan fingerprint density at radius 2 is 2.00 bits per heavy atom. The first kappa shape index (κ1) is 20.7. The first-order valence-electron chi connectivity index (χ1n) is 10.4. The fraction of sp³-hybridized carbons (Fsp3) is 0.292. The number of hydrogen-bond acceptors (Lipinski definition) is 4. The number of nitrogens with one attached hydrogen (secondary N) is 1. The van der Waals surface area contributed by atoms with Crippen LogP contribution in [0, 0.1) is 5.92 Å². The molecule has 0 radical (unpaired) electrons. The molecule has 2 aromatic carbocycles. The molecule has 1 N–H and O–H groups in total. The molecular weight excluding hydrogens is 392 g/mol. The number of anilines is 1. The molecule has 1 aliphatic rings. The molecule has 1 aliphatic heterocycles. The lowest BCUT2D eigenvalue weighted by molar-refractivity contribution is -0.135. The predicted octanol–water partition coefficient (Wildman–Crippen LogP) is 3.44. The molecule has 0 bridgehead atoms. The lowest BCUT2D eigenvalue weighted by Gasteiger charge is -2.32. The Morgan fingerprint density at radius 1 is 1.16 bits per heavy atom. The number of likely N-dealkylation sites (tertiary alicyclic amines) is 1. The van der Waals surface area contributed by atoms with Crippen LogP contribution in [0.2, 0.25) is 0 Å². The van der Waals surface area contributed by atoms with Crippen molar-refractivity contribution < 1.29 is 14.3 Å². The Bertz CT molecular complexity index is 1030. The number of carbonyl (C=O) groups excluding carboxylic acids is 2. The van der Waals surface area contributed by atoms with Crippen molar-refractivity contribution in [2.24, 2.45) is 5.92 Å². The third-order valence-corrected chi connectivity index (χ3v) is 5.58. The number of hydrogen-bond donors (Lipinski definition) is 1. The van der Waals surface area contributed by atoms with Gasteiger partial charge >= 0.3 is 0 Å². The molecule has 3 aromatic rings. The Hall–Kier alpha value is -3.61. The van der Waals surface area contributed by atoms with Gasteiger partial charge in [-0.25, -0.2) is 4.98 Å². The second-order valence-corrected chi connectivity index (χ2v) is 7.71. The molecule has 1 saturated heterocycles. The van der Waals surface area contributed by atoms with Gasteiger partial charge in [0.05, 0.1) is 19.4 Å². The van der Waals surface area contributed by atoms with Crippen molar-refractivity contribution in [3.63, 3.8) is 0 Å². The maximum Gasteiger partial charge on any atom is 0.242 e. The zero-order valence-electron chi connectivity index (χ0n) is 17.5. The van der Waals surface area contributed by atoms with E-state index in [4.69, 9.17) is 4.74 Å². The van der Waals surface area contributed by atoms with Crippen LogP contribution in [0.5, 0.6) is 5.75 Å². The first-order valence-corrected chi connectivity index (χ1v) is 10.4. The summed E-state index contributed by atoms with van der Waals surface area (Å²) in [5.41, 5.74) is 2.85. The minimum Gasteiger partial charge on any atom is -0.497 e. The number of nitrogens with zero attached hydrogens (tertiary/aromatic N) is 3. The Morgan fingerprint density at radius 3 is 2.74 bits per heavy atom. The van der Waals surface area contributed by atoms with Gasteiger partial charge in [0.15, 0.2) is 0 Å². The number of piperidine rings is 1. The van der Waals surface area contributed by atoms with Crippen LogP contribution in [0.15, 0.2) is 67.3 Å². The molecule has 1 fully saturated rings. The van der Waals surface area contributed by atoms with Crippen molar-refractivity contribution >= 4 is 17.5 Å². The number of amides is 2. The predicted molar refractivity (Wildman–Crippen MR) is 119 cm³/mol. The van der Waals surface area contributed by atoms with Gasteiger partial charge in [0.2, 0.25) is 11.8 Å². The summed E-state index contributed by atoms with van der Waals surface area (Å²) in [6.45, 7) is 1.38. The standard InChI is InChI=1S/C24H26N4O3/c1-31-22-6-2-4-19(14-22)18-7-9-21(10-8-18)26-24(30)20-5-3-12-28(15-20)23(29)16-27-13-11-25-17-27/h2,4,6-11,13-14,17,20H,3,5,12,15-16H2,1H3,(H,26,30)/t20-/m1/s1. The molecular formula is C24H26N4O3. The van der Waals surface area contributed by atoms with Gasteiger partial charge in [-0.15, -0.1) is 0 Å². The third-order valence-electron chi connectivity index (χ3n) is 5.58. The van der Waals surface area contributed by atoms with Crippen LogP contribution >= 0.6 is 0 Å². The number of ether oxygens (including phenoxy) is 1. The summed E-state index contributed by atoms with van der Waals surface area (Å²) in [5.74, 6) is 0.560. The number of carbonyl (C=O) groups is 2. The van der Waals surface area contributed by atoms with Gasteiger partial charge in [-0.3, -0.25) is 9.59 Å². The molecule has 0 saturated carbocycles. The molecule has 31 heavy (non-hydrogen) atoms. The van der Waals surface area contributed by atoms with Gasteiger partial charge in [0.25, 0.3) is 0 Å². The van der Waals surface area contributed by atoms with Crippen molar-refractivity contribution in [2.45, 2.75) is 19.4 Å². The normalized spacial score (nSPS) is 16.0. The third kappa shape index (κ3) is 5.12. The highest BCUT2D eigenvalue weighted by molar-refractivity contribution is 5.93. The highest BCUT2D eigenvalue weighted by atomic mass is 16.5. The van der Waals surface area contributed by atoms with E-state index in [-0.39, 0.29) is 24.3 Å². The molecule has 160 valence electrons. The average molecular weight is 418 g/mol. The molecule has 1 atom stereocenters. The van der Waals surface area contributed by atoms with Gasteiger partial charge in [0, 0.05) is 31.2 Å². The second-order valence-electron chi connectivity index (χ2n) is 7.71. The van der Waals surface area contributed by atoms with Crippen LogP contribution in [0.25, 0.3) is 11.1 Å². The molecule has 7 nitrogen and oxygen atoms in total. The Balaban J connectivity index is 1.35. The van der Waals surface area contributed by atoms with Crippen molar-refractivity contribution in [1.29, 1.82) is 0 Å². The Labute approximate surface area is 181 Å². The summed E-state index contributed by atoms with van der Waals surface area (Å²) in [5, 5.41) is 3.00. The van der Waals surface area contributed by atoms with Crippen molar-refractivity contribution in [3.8, 4) is 16.9 Å². The molecule has 1 aromatic heterocycles. The van der Waals surface area contributed by atoms with E-state index in [1.54, 1.807) is 35.3 Å². The van der Waals surface area contributed by atoms with E-state index < -0.39 is 0 Å². The summed E-state index contributed by atoms with van der Waals surface area (Å²) in [6.07, 6.45) is 6.65. The Kier molecular flexibility index (Phi) is 6.31. The fourth-order valence-corrected chi connectivity index (χ4v) is 3.85. The summed E-state index contributed by atoms with van der Waals surface area (Å²) in [7, 11) is 1.65. The highest BCUT2D eigenvalue weighted by Crippen LogP contribution is 2.26. The largest absolute Gasteiger partial charge is 0.497 e. The average Bonchev–Trinajstić information content (AvgIpc) is 3.32. The summed E-state index contributed by atoms with van der Waals surface area (Å²) < 4.78 is 7.03. The number of aromatic nitrogens is 2. The lowest BCUT2D eigenvalue weighted by atomic mass is 9.96. The van der Waals surface area contributed by atoms with Crippen LogP contribution in [-0.4, -0.2) is 46.5 Å². The van der Waals surface area contributed by atoms with Gasteiger partial charge in [-0.2, -0.15) is 0 Å². The maximum atomic E-state index is 12.8. The van der Waals surface area contributed by atoms with Gasteiger partial charge in [-0.05, 0) is 48.2 Å². The van der Waals surface area contributed by atoms with Gasteiger partial charge < -0.3 is 19.5 Å². The van der Waals surface area contributed by atoms with Gasteiger partial charge in [0.1, 0.15) is 12.3 Å². The topological polar surface area (TPSA) is 76.5 Å². The highest BCUT2D eigenvalue weighted by Gasteiger charge is 2.28. The van der Waals surface area contributed by atoms with Crippen molar-refractivity contribution in [1.82, 2.24) is 14.5 Å². The fourth-order valence-electron chi connectivity index (χ4n) is 3.85. The number of rotatable bonds is 6. The summed E-state index contributed by atoms with van der Waals surface area (Å²) >= 11 is 0. The van der Waals surface area contributed by atoms with Crippen LogP contribution in [-0.2, 0) is 16.1 Å². The van der Waals surface area contributed by atoms with Crippen LogP contribution in [0.3, 0.4) is 0 Å². The van der Waals surface area contributed by atoms with Crippen molar-refractivity contribution in [3.05, 3.63) is 67.3 Å². The van der Waals surface area contributed by atoms with Crippen LogP contribution in [0.1, 0.15) is 12.8 Å². The molecule has 4 rings (SSSR count). The zero-order chi connectivity index (χ0) is 21.6. The smallest absolute Gasteiger partial charge is 0.242 e. The monoisotopic (exact) mass is 418 g/mol. The maximum absolute atomic E-state index is 12.8. The molecule has 0 spiro atoms. The van der Waals surface area contributed by atoms with Crippen LogP contribution in [0.4, 0.5) is 5.69 Å². The second kappa shape index (κ2) is 9.47. The molecule has 2 heterocycles. The van der Waals surface area contributed by atoms with E-state index in [1.165, 1.54) is 0 Å². The van der Waals surface area contributed by atoms with E-state index in [0.717, 1.165) is 35.4 Å². The quantitative estimate of drug-likeness (QED) is 0.665. The summed E-state index contributed by atoms with van der Waals surface area (Å²) in [4.78, 5) is 31.1. The number of methoxy groups -OCH3 is 1. The number of imidazole rings is 1. The lowest BCUT2D eigenvalue weighted by Crippen LogP contribution is -2.44. The van der Waals surface area contributed by atoms with Crippen molar-refractivity contribution in [2.75, 3.05) is 25.5 Å². The van der Waals surface area contributed by atoms with Gasteiger partial charge in [-0.1, -0.05) is 24.3 Å².